The van der Waals surface area contributed by atoms with Crippen LogP contribution in [-0.4, -0.2) is 19.5 Å². The highest BCUT2D eigenvalue weighted by Gasteiger charge is 2.18. The summed E-state index contributed by atoms with van der Waals surface area (Å²) in [7, 11) is -3.98. The van der Waals surface area contributed by atoms with E-state index in [2.05, 4.69) is 4.72 Å². The van der Waals surface area contributed by atoms with Gasteiger partial charge in [-0.2, -0.15) is 0 Å². The number of carboxylic acids is 1. The second-order valence-corrected chi connectivity index (χ2v) is 6.39. The second-order valence-electron chi connectivity index (χ2n) is 4.83. The average molecular weight is 335 g/mol. The summed E-state index contributed by atoms with van der Waals surface area (Å²) in [5, 5.41) is 9.88. The summed E-state index contributed by atoms with van der Waals surface area (Å²) in [5.41, 5.74) is 0.651. The molecule has 0 atom stereocenters. The summed E-state index contributed by atoms with van der Waals surface area (Å²) in [6.45, 7) is 1.91. The molecule has 5 nitrogen and oxygen atoms in total. The Balaban J connectivity index is 2.27. The number of benzene rings is 2. The number of carboxylic acid groups (broad SMARTS) is 1. The van der Waals surface area contributed by atoms with Gasteiger partial charge in [0.2, 0.25) is 0 Å². The van der Waals surface area contributed by atoms with Crippen LogP contribution in [0.4, 0.5) is 10.1 Å². The van der Waals surface area contributed by atoms with E-state index >= 15 is 0 Å². The number of anilines is 1. The Morgan fingerprint density at radius 2 is 1.83 bits per heavy atom. The molecule has 0 bridgehead atoms. The maximum absolute atomic E-state index is 13.5. The minimum absolute atomic E-state index is 0.328. The quantitative estimate of drug-likeness (QED) is 0.878. The third-order valence-electron chi connectivity index (χ3n) is 3.00. The lowest BCUT2D eigenvalue weighted by Crippen LogP contribution is -2.13. The average Bonchev–Trinajstić information content (AvgIpc) is 2.46. The summed E-state index contributed by atoms with van der Waals surface area (Å²) >= 11 is 0. The topological polar surface area (TPSA) is 83.5 Å². The maximum atomic E-state index is 13.5. The molecular weight excluding hydrogens is 321 g/mol. The van der Waals surface area contributed by atoms with Crippen LogP contribution >= 0.6 is 0 Å². The number of halogens is 1. The van der Waals surface area contributed by atoms with Gasteiger partial charge in [0.05, 0.1) is 11.1 Å². The molecule has 0 saturated heterocycles. The fourth-order valence-corrected chi connectivity index (χ4v) is 2.74. The molecule has 0 spiro atoms. The third-order valence-corrected chi connectivity index (χ3v) is 4.00. The molecule has 23 heavy (non-hydrogen) atoms. The molecule has 0 aliphatic carbocycles. The number of carbonyl (C=O) groups is 1. The maximum Gasteiger partial charge on any atom is 0.340 e. The van der Waals surface area contributed by atoms with Gasteiger partial charge in [-0.3, -0.25) is 4.72 Å². The number of rotatable bonds is 5. The number of aromatic carboxylic acids is 1. The normalized spacial score (nSPS) is 11.6. The molecule has 0 aromatic heterocycles. The van der Waals surface area contributed by atoms with E-state index in [9.17, 15) is 17.6 Å². The standard InChI is InChI=1S/C16H14FNO4S/c1-11-5-7-12(8-6-11)9-10-23(21,22)18-14-4-2-3-13(17)15(14)16(19)20/h2-10,18H,1H3,(H,19,20). The van der Waals surface area contributed by atoms with Gasteiger partial charge in [-0.25, -0.2) is 17.6 Å². The fourth-order valence-electron chi connectivity index (χ4n) is 1.86. The molecule has 0 unspecified atom stereocenters. The van der Waals surface area contributed by atoms with Crippen molar-refractivity contribution >= 4 is 27.8 Å². The van der Waals surface area contributed by atoms with Crippen LogP contribution in [0.1, 0.15) is 21.5 Å². The monoisotopic (exact) mass is 335 g/mol. The number of nitrogens with one attached hydrogen (secondary N) is 1. The van der Waals surface area contributed by atoms with Gasteiger partial charge in [0.25, 0.3) is 10.0 Å². The summed E-state index contributed by atoms with van der Waals surface area (Å²) in [5.74, 6) is -2.57. The molecule has 2 rings (SSSR count). The van der Waals surface area contributed by atoms with E-state index in [0.29, 0.717) is 5.56 Å². The van der Waals surface area contributed by atoms with E-state index in [1.54, 1.807) is 12.1 Å². The highest BCUT2D eigenvalue weighted by atomic mass is 32.2. The summed E-state index contributed by atoms with van der Waals surface area (Å²) < 4.78 is 39.6. The molecule has 0 saturated carbocycles. The van der Waals surface area contributed by atoms with Crippen LogP contribution in [0.25, 0.3) is 6.08 Å². The van der Waals surface area contributed by atoms with Crippen LogP contribution in [0.5, 0.6) is 0 Å². The van der Waals surface area contributed by atoms with Crippen LogP contribution in [0.3, 0.4) is 0 Å². The van der Waals surface area contributed by atoms with E-state index in [-0.39, 0.29) is 5.69 Å². The summed E-state index contributed by atoms with van der Waals surface area (Å²) in [6.07, 6.45) is 1.36. The van der Waals surface area contributed by atoms with Crippen LogP contribution in [-0.2, 0) is 10.0 Å². The minimum atomic E-state index is -3.98. The van der Waals surface area contributed by atoms with E-state index in [1.165, 1.54) is 18.2 Å². The molecule has 0 fully saturated rings. The Kier molecular flexibility index (Phi) is 4.80. The zero-order valence-corrected chi connectivity index (χ0v) is 13.0. The Labute approximate surface area is 133 Å². The molecule has 0 heterocycles. The molecule has 0 aliphatic rings. The second kappa shape index (κ2) is 6.62. The van der Waals surface area contributed by atoms with Crippen LogP contribution in [0, 0.1) is 12.7 Å². The van der Waals surface area contributed by atoms with Crippen LogP contribution < -0.4 is 4.72 Å². The number of aryl methyl sites for hydroxylation is 1. The smallest absolute Gasteiger partial charge is 0.340 e. The van der Waals surface area contributed by atoms with Crippen molar-refractivity contribution < 1.29 is 22.7 Å². The van der Waals surface area contributed by atoms with Crippen molar-refractivity contribution in [3.8, 4) is 0 Å². The largest absolute Gasteiger partial charge is 0.478 e. The van der Waals surface area contributed by atoms with Crippen molar-refractivity contribution in [3.63, 3.8) is 0 Å². The summed E-state index contributed by atoms with van der Waals surface area (Å²) in [6, 6.07) is 10.5. The lowest BCUT2D eigenvalue weighted by Gasteiger charge is -2.08. The first-order valence-corrected chi connectivity index (χ1v) is 8.12. The van der Waals surface area contributed by atoms with E-state index in [1.807, 2.05) is 19.1 Å². The molecule has 2 aromatic rings. The minimum Gasteiger partial charge on any atom is -0.478 e. The highest BCUT2D eigenvalue weighted by molar-refractivity contribution is 7.95. The Bertz CT molecular complexity index is 858. The Morgan fingerprint density at radius 1 is 1.17 bits per heavy atom. The number of hydrogen-bond acceptors (Lipinski definition) is 3. The van der Waals surface area contributed by atoms with Crippen molar-refractivity contribution in [2.75, 3.05) is 4.72 Å². The third kappa shape index (κ3) is 4.40. The zero-order chi connectivity index (χ0) is 17.0. The SMILES string of the molecule is Cc1ccc(C=CS(=O)(=O)Nc2cccc(F)c2C(=O)O)cc1. The van der Waals surface area contributed by atoms with Gasteiger partial charge in [0, 0.05) is 0 Å². The molecule has 2 N–H and O–H groups in total. The lowest BCUT2D eigenvalue weighted by atomic mass is 10.2. The number of sulfonamides is 1. The Hall–Kier alpha value is -2.67. The van der Waals surface area contributed by atoms with E-state index in [0.717, 1.165) is 17.0 Å². The predicted molar refractivity (Wildman–Crippen MR) is 86.1 cm³/mol. The molecule has 0 amide bonds. The van der Waals surface area contributed by atoms with Crippen LogP contribution in [0.2, 0.25) is 0 Å². The summed E-state index contributed by atoms with van der Waals surface area (Å²) in [4.78, 5) is 11.0. The Morgan fingerprint density at radius 3 is 2.43 bits per heavy atom. The molecule has 120 valence electrons. The van der Waals surface area contributed by atoms with E-state index < -0.39 is 27.4 Å². The van der Waals surface area contributed by atoms with Crippen molar-refractivity contribution in [2.24, 2.45) is 0 Å². The van der Waals surface area contributed by atoms with Crippen molar-refractivity contribution in [2.45, 2.75) is 6.92 Å². The molecule has 7 heteroatoms. The van der Waals surface area contributed by atoms with Crippen molar-refractivity contribution in [3.05, 3.63) is 70.4 Å². The molecule has 0 aliphatic heterocycles. The van der Waals surface area contributed by atoms with Gasteiger partial charge in [-0.1, -0.05) is 35.9 Å². The fraction of sp³-hybridized carbons (Fsp3) is 0.0625. The first-order chi connectivity index (χ1) is 10.8. The van der Waals surface area contributed by atoms with Gasteiger partial charge in [-0.05, 0) is 30.7 Å². The van der Waals surface area contributed by atoms with Crippen molar-refractivity contribution in [1.82, 2.24) is 0 Å². The van der Waals surface area contributed by atoms with E-state index in [4.69, 9.17) is 5.11 Å². The van der Waals surface area contributed by atoms with Crippen LogP contribution in [0.15, 0.2) is 47.9 Å². The van der Waals surface area contributed by atoms with Crippen molar-refractivity contribution in [1.29, 1.82) is 0 Å². The molecule has 2 aromatic carbocycles. The molecular formula is C16H14FNO4S. The van der Waals surface area contributed by atoms with Gasteiger partial charge < -0.3 is 5.11 Å². The van der Waals surface area contributed by atoms with Gasteiger partial charge >= 0.3 is 5.97 Å². The number of hydrogen-bond donors (Lipinski definition) is 2. The first kappa shape index (κ1) is 16.7. The zero-order valence-electron chi connectivity index (χ0n) is 12.2. The van der Waals surface area contributed by atoms with Gasteiger partial charge in [0.15, 0.2) is 0 Å². The first-order valence-electron chi connectivity index (χ1n) is 6.58. The molecule has 0 radical (unpaired) electrons. The van der Waals surface area contributed by atoms with Gasteiger partial charge in [0.1, 0.15) is 11.4 Å². The highest BCUT2D eigenvalue weighted by Crippen LogP contribution is 2.20. The predicted octanol–water partition coefficient (Wildman–Crippen LogP) is 3.24. The van der Waals surface area contributed by atoms with Gasteiger partial charge in [-0.15, -0.1) is 0 Å². The lowest BCUT2D eigenvalue weighted by molar-refractivity contribution is 0.0693.